The van der Waals surface area contributed by atoms with Crippen LogP contribution in [0.5, 0.6) is 5.75 Å². The number of carbonyl (C=O) groups is 2. The molecule has 0 aromatic heterocycles. The molecule has 0 aliphatic carbocycles. The number of methoxy groups -OCH3 is 1. The Morgan fingerprint density at radius 1 is 0.875 bits per heavy atom. The molecule has 0 saturated heterocycles. The number of thioether (sulfide) groups is 1. The molecular formula is C23H15Cl3N2O3S. The van der Waals surface area contributed by atoms with Crippen LogP contribution in [0.2, 0.25) is 15.1 Å². The van der Waals surface area contributed by atoms with Crippen molar-refractivity contribution in [2.24, 2.45) is 0 Å². The fourth-order valence-electron chi connectivity index (χ4n) is 3.04. The molecule has 2 amide bonds. The molecule has 0 radical (unpaired) electrons. The molecule has 4 rings (SSSR count). The van der Waals surface area contributed by atoms with Crippen LogP contribution in [0, 0.1) is 0 Å². The number of nitrogens with one attached hydrogen (secondary N) is 1. The highest BCUT2D eigenvalue weighted by atomic mass is 35.5. The third-order valence-electron chi connectivity index (χ3n) is 4.58. The molecule has 1 heterocycles. The summed E-state index contributed by atoms with van der Waals surface area (Å²) in [5, 5.41) is 4.23. The van der Waals surface area contributed by atoms with E-state index in [0.29, 0.717) is 27.2 Å². The van der Waals surface area contributed by atoms with Gasteiger partial charge in [-0.3, -0.25) is 9.59 Å². The Balaban J connectivity index is 1.75. The number of carbonyl (C=O) groups excluding carboxylic acids is 2. The van der Waals surface area contributed by atoms with Crippen LogP contribution in [0.4, 0.5) is 11.4 Å². The number of anilines is 2. The van der Waals surface area contributed by atoms with Crippen LogP contribution in [0.15, 0.2) is 82.2 Å². The van der Waals surface area contributed by atoms with E-state index in [4.69, 9.17) is 39.5 Å². The lowest BCUT2D eigenvalue weighted by molar-refractivity contribution is -0.120. The first kappa shape index (κ1) is 22.6. The van der Waals surface area contributed by atoms with E-state index in [9.17, 15) is 9.59 Å². The van der Waals surface area contributed by atoms with Crippen molar-refractivity contribution in [3.8, 4) is 5.75 Å². The van der Waals surface area contributed by atoms with Gasteiger partial charge in [0.05, 0.1) is 22.8 Å². The van der Waals surface area contributed by atoms with Gasteiger partial charge in [0.15, 0.2) is 0 Å². The van der Waals surface area contributed by atoms with Crippen LogP contribution < -0.4 is 15.0 Å². The topological polar surface area (TPSA) is 58.6 Å². The van der Waals surface area contributed by atoms with Gasteiger partial charge in [0.2, 0.25) is 0 Å². The number of hydrogen-bond acceptors (Lipinski definition) is 5. The fourth-order valence-corrected chi connectivity index (χ4v) is 4.38. The predicted octanol–water partition coefficient (Wildman–Crippen LogP) is 6.64. The molecular weight excluding hydrogens is 491 g/mol. The summed E-state index contributed by atoms with van der Waals surface area (Å²) < 4.78 is 5.25. The molecule has 0 fully saturated rings. The van der Waals surface area contributed by atoms with Crippen molar-refractivity contribution in [3.05, 3.63) is 92.4 Å². The van der Waals surface area contributed by atoms with Crippen LogP contribution in [-0.4, -0.2) is 18.9 Å². The quantitative estimate of drug-likeness (QED) is 0.380. The molecule has 0 saturated carbocycles. The molecule has 3 aromatic carbocycles. The van der Waals surface area contributed by atoms with Gasteiger partial charge in [0.1, 0.15) is 16.4 Å². The molecule has 162 valence electrons. The van der Waals surface area contributed by atoms with Crippen molar-refractivity contribution in [1.82, 2.24) is 0 Å². The third-order valence-corrected chi connectivity index (χ3v) is 6.66. The summed E-state index contributed by atoms with van der Waals surface area (Å²) in [6.07, 6.45) is 0. The van der Waals surface area contributed by atoms with Crippen molar-refractivity contribution < 1.29 is 14.3 Å². The summed E-state index contributed by atoms with van der Waals surface area (Å²) >= 11 is 19.3. The average Bonchev–Trinajstić information content (AvgIpc) is 3.01. The predicted molar refractivity (Wildman–Crippen MR) is 130 cm³/mol. The maximum absolute atomic E-state index is 13.4. The van der Waals surface area contributed by atoms with Gasteiger partial charge in [-0.05, 0) is 54.6 Å². The molecule has 0 bridgehead atoms. The van der Waals surface area contributed by atoms with Crippen LogP contribution in [0.3, 0.4) is 0 Å². The summed E-state index contributed by atoms with van der Waals surface area (Å²) in [5.41, 5.74) is 1.08. The number of amides is 2. The summed E-state index contributed by atoms with van der Waals surface area (Å²) in [6, 6.07) is 18.7. The van der Waals surface area contributed by atoms with Crippen LogP contribution in [0.25, 0.3) is 0 Å². The lowest BCUT2D eigenvalue weighted by Crippen LogP contribution is -2.32. The van der Waals surface area contributed by atoms with Crippen molar-refractivity contribution in [2.45, 2.75) is 4.90 Å². The van der Waals surface area contributed by atoms with Gasteiger partial charge < -0.3 is 10.1 Å². The molecule has 3 aromatic rings. The number of ether oxygens (including phenoxy) is 1. The normalized spacial score (nSPS) is 13.7. The molecule has 0 spiro atoms. The zero-order valence-corrected chi connectivity index (χ0v) is 19.6. The first-order valence-electron chi connectivity index (χ1n) is 9.30. The highest BCUT2D eigenvalue weighted by Gasteiger charge is 2.40. The van der Waals surface area contributed by atoms with Gasteiger partial charge in [0.25, 0.3) is 11.8 Å². The molecule has 0 unspecified atom stereocenters. The molecule has 5 nitrogen and oxygen atoms in total. The highest BCUT2D eigenvalue weighted by molar-refractivity contribution is 8.04. The highest BCUT2D eigenvalue weighted by Crippen LogP contribution is 2.39. The van der Waals surface area contributed by atoms with E-state index in [0.717, 1.165) is 9.80 Å². The van der Waals surface area contributed by atoms with Crippen molar-refractivity contribution in [1.29, 1.82) is 0 Å². The molecule has 1 aliphatic heterocycles. The monoisotopic (exact) mass is 504 g/mol. The first-order chi connectivity index (χ1) is 15.4. The second kappa shape index (κ2) is 9.46. The smallest absolute Gasteiger partial charge is 0.283 e. The van der Waals surface area contributed by atoms with E-state index in [1.54, 1.807) is 67.8 Å². The standard InChI is InChI=1S/C23H15Cl3N2O3S/c1-31-16-4-2-3-14(11-16)27-20-21(32-17-8-5-13(24)6-9-17)23(30)28(22(20)29)15-7-10-18(25)19(26)12-15/h2-12,27H,1H3. The van der Waals surface area contributed by atoms with Crippen LogP contribution in [-0.2, 0) is 9.59 Å². The van der Waals surface area contributed by atoms with Crippen molar-refractivity contribution in [2.75, 3.05) is 17.3 Å². The van der Waals surface area contributed by atoms with Crippen LogP contribution in [0.1, 0.15) is 0 Å². The van der Waals surface area contributed by atoms with E-state index in [-0.39, 0.29) is 15.6 Å². The zero-order chi connectivity index (χ0) is 22.8. The lowest BCUT2D eigenvalue weighted by atomic mass is 10.2. The van der Waals surface area contributed by atoms with E-state index in [1.807, 2.05) is 0 Å². The minimum atomic E-state index is -0.507. The largest absolute Gasteiger partial charge is 0.497 e. The van der Waals surface area contributed by atoms with Crippen LogP contribution >= 0.6 is 46.6 Å². The Hall–Kier alpha value is -2.64. The number of benzene rings is 3. The zero-order valence-electron chi connectivity index (χ0n) is 16.6. The molecule has 0 atom stereocenters. The Labute approximate surface area is 203 Å². The molecule has 32 heavy (non-hydrogen) atoms. The van der Waals surface area contributed by atoms with Gasteiger partial charge in [-0.15, -0.1) is 0 Å². The number of hydrogen-bond donors (Lipinski definition) is 1. The minimum Gasteiger partial charge on any atom is -0.497 e. The Bertz CT molecular complexity index is 1250. The van der Waals surface area contributed by atoms with Gasteiger partial charge in [-0.2, -0.15) is 0 Å². The minimum absolute atomic E-state index is 0.147. The van der Waals surface area contributed by atoms with Crippen molar-refractivity contribution >= 4 is 69.8 Å². The average molecular weight is 506 g/mol. The summed E-state index contributed by atoms with van der Waals surface area (Å²) in [5.74, 6) is -0.368. The van der Waals surface area contributed by atoms with Crippen molar-refractivity contribution in [3.63, 3.8) is 0 Å². The molecule has 9 heteroatoms. The Morgan fingerprint density at radius 2 is 1.62 bits per heavy atom. The lowest BCUT2D eigenvalue weighted by Gasteiger charge is -2.16. The van der Waals surface area contributed by atoms with Gasteiger partial charge in [-0.25, -0.2) is 4.90 Å². The Kier molecular flexibility index (Phi) is 6.67. The molecule has 1 N–H and O–H groups in total. The summed E-state index contributed by atoms with van der Waals surface area (Å²) in [6.45, 7) is 0. The number of imide groups is 1. The SMILES string of the molecule is COc1cccc(NC2=C(Sc3ccc(Cl)cc3)C(=O)N(c3ccc(Cl)c(Cl)c3)C2=O)c1. The van der Waals surface area contributed by atoms with E-state index in [1.165, 1.54) is 17.8 Å². The van der Waals surface area contributed by atoms with Gasteiger partial charge >= 0.3 is 0 Å². The van der Waals surface area contributed by atoms with Gasteiger partial charge in [-0.1, -0.05) is 52.6 Å². The maximum atomic E-state index is 13.4. The second-order valence-corrected chi connectivity index (χ2v) is 9.00. The fraction of sp³-hybridized carbons (Fsp3) is 0.0435. The van der Waals surface area contributed by atoms with Gasteiger partial charge in [0, 0.05) is 21.7 Å². The summed E-state index contributed by atoms with van der Waals surface area (Å²) in [4.78, 5) is 28.8. The Morgan fingerprint density at radius 3 is 2.31 bits per heavy atom. The number of rotatable bonds is 6. The summed E-state index contributed by atoms with van der Waals surface area (Å²) in [7, 11) is 1.55. The maximum Gasteiger partial charge on any atom is 0.283 e. The number of halogens is 3. The number of nitrogens with zero attached hydrogens (tertiary/aromatic N) is 1. The van der Waals surface area contributed by atoms with E-state index >= 15 is 0 Å². The third kappa shape index (κ3) is 4.59. The molecule has 1 aliphatic rings. The van der Waals surface area contributed by atoms with E-state index in [2.05, 4.69) is 5.32 Å². The second-order valence-electron chi connectivity index (χ2n) is 6.66. The first-order valence-corrected chi connectivity index (χ1v) is 11.2. The van der Waals surface area contributed by atoms with E-state index < -0.39 is 11.8 Å².